The number of rotatable bonds is 18. The summed E-state index contributed by atoms with van der Waals surface area (Å²) in [6.45, 7) is 6.98. The third kappa shape index (κ3) is 13.4. The van der Waals surface area contributed by atoms with Gasteiger partial charge in [-0.3, -0.25) is 0 Å². The highest BCUT2D eigenvalue weighted by Gasteiger charge is 2.05. The van der Waals surface area contributed by atoms with E-state index in [1.807, 2.05) is 6.92 Å². The maximum atomic E-state index is 5.86. The van der Waals surface area contributed by atoms with Gasteiger partial charge in [0.05, 0.1) is 13.1 Å². The van der Waals surface area contributed by atoms with Crippen LogP contribution in [0.15, 0.2) is 18.7 Å². The van der Waals surface area contributed by atoms with Crippen LogP contribution in [-0.4, -0.2) is 26.1 Å². The molecule has 0 aliphatic carbocycles. The standard InChI is InChI=1S/C24H42ClN6.BrH/c1-3-4-5-6-7-8-9-10-11-12-13-14-17-30-19-20-31(21-30)18-15-16-26-24-28-22(2)27-23(25)29-24;/h19-21H,3-18H2,1-2H3,(H,26,27,28,29);1H/q+1;/p-1. The summed E-state index contributed by atoms with van der Waals surface area (Å²) >= 11 is 5.86. The Hall–Kier alpha value is -1.21. The first-order chi connectivity index (χ1) is 15.2. The maximum absolute atomic E-state index is 5.86. The van der Waals surface area contributed by atoms with E-state index >= 15 is 0 Å². The van der Waals surface area contributed by atoms with Crippen LogP contribution in [0.1, 0.15) is 96.2 Å². The van der Waals surface area contributed by atoms with Crippen molar-refractivity contribution >= 4 is 17.5 Å². The van der Waals surface area contributed by atoms with Gasteiger partial charge in [0.2, 0.25) is 17.6 Å². The van der Waals surface area contributed by atoms with Crippen LogP contribution in [0, 0.1) is 6.92 Å². The van der Waals surface area contributed by atoms with Crippen molar-refractivity contribution in [1.82, 2.24) is 19.5 Å². The zero-order valence-corrected chi connectivity index (χ0v) is 22.4. The molecular formula is C24H42BrClN6. The molecule has 0 fully saturated rings. The van der Waals surface area contributed by atoms with Crippen LogP contribution in [0.4, 0.5) is 5.95 Å². The van der Waals surface area contributed by atoms with Crippen LogP contribution in [0.25, 0.3) is 0 Å². The highest BCUT2D eigenvalue weighted by molar-refractivity contribution is 6.28. The van der Waals surface area contributed by atoms with Crippen molar-refractivity contribution in [3.63, 3.8) is 0 Å². The molecule has 0 saturated heterocycles. The van der Waals surface area contributed by atoms with Gasteiger partial charge in [-0.25, -0.2) is 14.1 Å². The largest absolute Gasteiger partial charge is 1.00 e. The Labute approximate surface area is 210 Å². The van der Waals surface area contributed by atoms with Crippen LogP contribution in [0.2, 0.25) is 5.28 Å². The molecule has 0 aliphatic heterocycles. The molecular weight excluding hydrogens is 488 g/mol. The van der Waals surface area contributed by atoms with Crippen LogP contribution >= 0.6 is 11.6 Å². The number of anilines is 1. The molecule has 6 nitrogen and oxygen atoms in total. The third-order valence-corrected chi connectivity index (χ3v) is 5.78. The van der Waals surface area contributed by atoms with E-state index in [0.29, 0.717) is 11.8 Å². The predicted molar refractivity (Wildman–Crippen MR) is 128 cm³/mol. The average Bonchev–Trinajstić information content (AvgIpc) is 3.19. The summed E-state index contributed by atoms with van der Waals surface area (Å²) in [7, 11) is 0. The number of nitrogens with one attached hydrogen (secondary N) is 1. The van der Waals surface area contributed by atoms with E-state index in [9.17, 15) is 0 Å². The lowest BCUT2D eigenvalue weighted by atomic mass is 10.1. The number of imidazole rings is 1. The molecule has 0 saturated carbocycles. The van der Waals surface area contributed by atoms with Crippen molar-refractivity contribution in [2.24, 2.45) is 0 Å². The normalized spacial score (nSPS) is 10.8. The lowest BCUT2D eigenvalue weighted by molar-refractivity contribution is -0.696. The summed E-state index contributed by atoms with van der Waals surface area (Å²) in [5.74, 6) is 1.18. The minimum absolute atomic E-state index is 0. The van der Waals surface area contributed by atoms with Gasteiger partial charge in [0, 0.05) is 13.0 Å². The van der Waals surface area contributed by atoms with Crippen molar-refractivity contribution in [1.29, 1.82) is 0 Å². The smallest absolute Gasteiger partial charge is 0.243 e. The van der Waals surface area contributed by atoms with E-state index in [4.69, 9.17) is 11.6 Å². The quantitative estimate of drug-likeness (QED) is 0.238. The van der Waals surface area contributed by atoms with Crippen molar-refractivity contribution in [3.05, 3.63) is 29.8 Å². The Morgan fingerprint density at radius 3 is 2.12 bits per heavy atom. The molecule has 2 aromatic heterocycles. The molecule has 0 atom stereocenters. The van der Waals surface area contributed by atoms with E-state index in [2.05, 4.69) is 55.0 Å². The van der Waals surface area contributed by atoms with E-state index < -0.39 is 0 Å². The lowest BCUT2D eigenvalue weighted by Crippen LogP contribution is -3.00. The second-order valence-corrected chi connectivity index (χ2v) is 8.87. The molecule has 32 heavy (non-hydrogen) atoms. The minimum Gasteiger partial charge on any atom is -1.00 e. The third-order valence-electron chi connectivity index (χ3n) is 5.61. The van der Waals surface area contributed by atoms with Crippen molar-refractivity contribution < 1.29 is 21.5 Å². The number of hydrogen-bond acceptors (Lipinski definition) is 4. The Morgan fingerprint density at radius 2 is 1.50 bits per heavy atom. The summed E-state index contributed by atoms with van der Waals surface area (Å²) < 4.78 is 4.55. The summed E-state index contributed by atoms with van der Waals surface area (Å²) in [5, 5.41) is 3.45. The van der Waals surface area contributed by atoms with E-state index in [1.54, 1.807) is 0 Å². The highest BCUT2D eigenvalue weighted by atomic mass is 79.9. The first-order valence-corrected chi connectivity index (χ1v) is 12.7. The Bertz CT molecular complexity index is 704. The van der Waals surface area contributed by atoms with Crippen LogP contribution in [-0.2, 0) is 13.1 Å². The van der Waals surface area contributed by atoms with Gasteiger partial charge in [-0.05, 0) is 31.4 Å². The molecule has 0 aromatic carbocycles. The molecule has 182 valence electrons. The number of aromatic nitrogens is 5. The number of unbranched alkanes of at least 4 members (excludes halogenated alkanes) is 11. The molecule has 8 heteroatoms. The van der Waals surface area contributed by atoms with Gasteiger partial charge in [-0.2, -0.15) is 9.97 Å². The van der Waals surface area contributed by atoms with Gasteiger partial charge in [-0.15, -0.1) is 0 Å². The number of hydrogen-bond donors (Lipinski definition) is 1. The Balaban J connectivity index is 0.00000512. The van der Waals surface area contributed by atoms with E-state index in [-0.39, 0.29) is 22.3 Å². The van der Waals surface area contributed by atoms with E-state index in [1.165, 1.54) is 77.0 Å². The predicted octanol–water partition coefficient (Wildman–Crippen LogP) is 3.13. The Kier molecular flexibility index (Phi) is 16.4. The molecule has 2 rings (SSSR count). The Morgan fingerprint density at radius 1 is 0.875 bits per heavy atom. The van der Waals surface area contributed by atoms with Gasteiger partial charge in [0.1, 0.15) is 18.2 Å². The molecule has 0 amide bonds. The second-order valence-electron chi connectivity index (χ2n) is 8.53. The molecule has 0 aliphatic rings. The zero-order valence-electron chi connectivity index (χ0n) is 20.0. The topological polar surface area (TPSA) is 59.5 Å². The molecule has 2 heterocycles. The van der Waals surface area contributed by atoms with Crippen LogP contribution in [0.3, 0.4) is 0 Å². The molecule has 0 unspecified atom stereocenters. The average molecular weight is 530 g/mol. The number of nitrogens with zero attached hydrogens (tertiary/aromatic N) is 5. The molecule has 1 N–H and O–H groups in total. The summed E-state index contributed by atoms with van der Waals surface area (Å²) in [6, 6.07) is 0. The summed E-state index contributed by atoms with van der Waals surface area (Å²) in [5.41, 5.74) is 0. The number of aryl methyl sites for hydroxylation is 3. The fraction of sp³-hybridized carbons (Fsp3) is 0.750. The minimum atomic E-state index is 0. The van der Waals surface area contributed by atoms with Gasteiger partial charge in [0.15, 0.2) is 0 Å². The van der Waals surface area contributed by atoms with Gasteiger partial charge < -0.3 is 22.3 Å². The lowest BCUT2D eigenvalue weighted by Gasteiger charge is -2.04. The monoisotopic (exact) mass is 528 g/mol. The first kappa shape index (κ1) is 28.8. The van der Waals surface area contributed by atoms with Gasteiger partial charge in [0.25, 0.3) is 0 Å². The first-order valence-electron chi connectivity index (χ1n) is 12.3. The number of halogens is 2. The molecule has 0 bridgehead atoms. The fourth-order valence-electron chi connectivity index (χ4n) is 3.83. The van der Waals surface area contributed by atoms with Crippen molar-refractivity contribution in [2.45, 2.75) is 110 Å². The second kappa shape index (κ2) is 18.2. The molecule has 0 radical (unpaired) electrons. The van der Waals surface area contributed by atoms with E-state index in [0.717, 1.165) is 26.1 Å². The van der Waals surface area contributed by atoms with Gasteiger partial charge in [-0.1, -0.05) is 71.1 Å². The maximum Gasteiger partial charge on any atom is 0.243 e. The van der Waals surface area contributed by atoms with Crippen molar-refractivity contribution in [2.75, 3.05) is 11.9 Å². The van der Waals surface area contributed by atoms with Crippen molar-refractivity contribution in [3.8, 4) is 0 Å². The van der Waals surface area contributed by atoms with Gasteiger partial charge >= 0.3 is 0 Å². The SMILES string of the molecule is CCCCCCCCCCCCCCn1cc[n+](CCCNc2nc(C)nc(Cl)n2)c1.[Br-]. The fourth-order valence-corrected chi connectivity index (χ4v) is 4.03. The summed E-state index contributed by atoms with van der Waals surface area (Å²) in [4.78, 5) is 12.3. The highest BCUT2D eigenvalue weighted by Crippen LogP contribution is 2.12. The van der Waals surface area contributed by atoms with Crippen LogP contribution < -0.4 is 26.9 Å². The molecule has 2 aromatic rings. The van der Waals surface area contributed by atoms with Crippen LogP contribution in [0.5, 0.6) is 0 Å². The zero-order chi connectivity index (χ0) is 22.2. The molecule has 0 spiro atoms. The summed E-state index contributed by atoms with van der Waals surface area (Å²) in [6.07, 6.45) is 24.3.